The molecule has 6 heteroatoms. The number of benzene rings is 4. The van der Waals surface area contributed by atoms with Crippen molar-refractivity contribution in [3.8, 4) is 0 Å². The van der Waals surface area contributed by atoms with Gasteiger partial charge in [0.05, 0.1) is 4.75 Å². The van der Waals surface area contributed by atoms with E-state index in [-0.39, 0.29) is 11.8 Å². The molecule has 0 aliphatic carbocycles. The van der Waals surface area contributed by atoms with Gasteiger partial charge in [0.1, 0.15) is 12.1 Å². The van der Waals surface area contributed by atoms with Crippen LogP contribution in [0.5, 0.6) is 0 Å². The van der Waals surface area contributed by atoms with E-state index in [2.05, 4.69) is 36.4 Å². The maximum Gasteiger partial charge on any atom is 0.410 e. The van der Waals surface area contributed by atoms with Gasteiger partial charge >= 0.3 is 12.1 Å². The van der Waals surface area contributed by atoms with Crippen molar-refractivity contribution in [2.45, 2.75) is 36.4 Å². The minimum atomic E-state index is -1.09. The topological polar surface area (TPSA) is 66.8 Å². The van der Waals surface area contributed by atoms with Crippen molar-refractivity contribution in [1.29, 1.82) is 0 Å². The molecule has 0 saturated heterocycles. The summed E-state index contributed by atoms with van der Waals surface area (Å²) in [6.07, 6.45) is -0.652. The molecule has 1 atom stereocenters. The van der Waals surface area contributed by atoms with Crippen molar-refractivity contribution in [2.75, 3.05) is 13.1 Å². The Morgan fingerprint density at radius 2 is 1.12 bits per heavy atom. The molecule has 40 heavy (non-hydrogen) atoms. The van der Waals surface area contributed by atoms with E-state index in [1.165, 1.54) is 4.90 Å². The minimum absolute atomic E-state index is 0.143. The predicted molar refractivity (Wildman–Crippen MR) is 161 cm³/mol. The number of carbonyl (C=O) groups is 2. The molecule has 0 fully saturated rings. The molecule has 0 radical (unpaired) electrons. The number of ether oxygens (including phenoxy) is 1. The third kappa shape index (κ3) is 7.13. The highest BCUT2D eigenvalue weighted by Crippen LogP contribution is 2.54. The second kappa shape index (κ2) is 12.9. The highest BCUT2D eigenvalue weighted by atomic mass is 32.2. The van der Waals surface area contributed by atoms with Crippen LogP contribution in [0.1, 0.15) is 48.3 Å². The zero-order valence-electron chi connectivity index (χ0n) is 23.1. The minimum Gasteiger partial charge on any atom is -0.480 e. The predicted octanol–water partition coefficient (Wildman–Crippen LogP) is 7.77. The number of nitrogens with zero attached hydrogens (tertiary/aromatic N) is 1. The van der Waals surface area contributed by atoms with Crippen LogP contribution in [-0.2, 0) is 14.3 Å². The Morgan fingerprint density at radius 3 is 1.50 bits per heavy atom. The summed E-state index contributed by atoms with van der Waals surface area (Å²) in [4.78, 5) is 26.5. The summed E-state index contributed by atoms with van der Waals surface area (Å²) >= 11 is 1.70. The second-order valence-electron chi connectivity index (χ2n) is 10.6. The largest absolute Gasteiger partial charge is 0.480 e. The molecule has 4 rings (SSSR count). The fourth-order valence-corrected chi connectivity index (χ4v) is 6.50. The number of carboxylic acid groups (broad SMARTS) is 1. The van der Waals surface area contributed by atoms with E-state index < -0.39 is 29.0 Å². The summed E-state index contributed by atoms with van der Waals surface area (Å²) in [7, 11) is 0. The first kappa shape index (κ1) is 29.0. The standard InChI is InChI=1S/C34H35NO4S/c1-33(2,3)39-32(38)35(25-31(36)37)24-30(26-16-8-4-9-17-26)40-34(27-18-10-5-11-19-27,28-20-12-6-13-21-28)29-22-14-7-15-23-29/h4-23,30H,24-25H2,1-3H3,(H,36,37). The zero-order chi connectivity index (χ0) is 28.6. The maximum atomic E-state index is 13.3. The Kier molecular flexibility index (Phi) is 9.33. The van der Waals surface area contributed by atoms with Gasteiger partial charge < -0.3 is 9.84 Å². The third-order valence-corrected chi connectivity index (χ3v) is 8.16. The van der Waals surface area contributed by atoms with E-state index in [1.54, 1.807) is 32.5 Å². The van der Waals surface area contributed by atoms with Gasteiger partial charge in [-0.05, 0) is 43.0 Å². The van der Waals surface area contributed by atoms with Crippen molar-refractivity contribution in [1.82, 2.24) is 4.90 Å². The van der Waals surface area contributed by atoms with Crippen molar-refractivity contribution < 1.29 is 19.4 Å². The second-order valence-corrected chi connectivity index (χ2v) is 12.0. The van der Waals surface area contributed by atoms with Crippen LogP contribution < -0.4 is 0 Å². The zero-order valence-corrected chi connectivity index (χ0v) is 23.9. The highest BCUT2D eigenvalue weighted by molar-refractivity contribution is 8.00. The Labute approximate surface area is 240 Å². The van der Waals surface area contributed by atoms with E-state index in [1.807, 2.05) is 84.9 Å². The van der Waals surface area contributed by atoms with Gasteiger partial charge in [-0.1, -0.05) is 121 Å². The Hall–Kier alpha value is -4.03. The molecule has 0 saturated carbocycles. The summed E-state index contributed by atoms with van der Waals surface area (Å²) in [6, 6.07) is 40.9. The number of aliphatic carboxylic acids is 1. The van der Waals surface area contributed by atoms with Gasteiger partial charge in [-0.2, -0.15) is 0 Å². The van der Waals surface area contributed by atoms with Crippen molar-refractivity contribution in [3.05, 3.63) is 144 Å². The molecule has 0 bridgehead atoms. The molecule has 4 aromatic rings. The summed E-state index contributed by atoms with van der Waals surface area (Å²) < 4.78 is 4.98. The average Bonchev–Trinajstić information content (AvgIpc) is 2.95. The van der Waals surface area contributed by atoms with Gasteiger partial charge in [0, 0.05) is 11.8 Å². The molecule has 0 aliphatic heterocycles. The molecule has 1 unspecified atom stereocenters. The fourth-order valence-electron chi connectivity index (χ4n) is 4.71. The third-order valence-electron chi connectivity index (χ3n) is 6.40. The number of thioether (sulfide) groups is 1. The summed E-state index contributed by atoms with van der Waals surface area (Å²) in [5.41, 5.74) is 3.48. The molecule has 0 heterocycles. The van der Waals surface area contributed by atoms with Gasteiger partial charge in [0.2, 0.25) is 0 Å². The van der Waals surface area contributed by atoms with Crippen molar-refractivity contribution in [3.63, 3.8) is 0 Å². The summed E-state index contributed by atoms with van der Waals surface area (Å²) in [5, 5.41) is 9.43. The van der Waals surface area contributed by atoms with Crippen LogP contribution in [0, 0.1) is 0 Å². The fraction of sp³-hybridized carbons (Fsp3) is 0.235. The van der Waals surface area contributed by atoms with Gasteiger partial charge in [0.25, 0.3) is 0 Å². The Morgan fingerprint density at radius 1 is 0.725 bits per heavy atom. The highest BCUT2D eigenvalue weighted by Gasteiger charge is 2.41. The number of hydrogen-bond acceptors (Lipinski definition) is 4. The lowest BCUT2D eigenvalue weighted by Crippen LogP contribution is -2.42. The van der Waals surface area contributed by atoms with Gasteiger partial charge in [0.15, 0.2) is 0 Å². The van der Waals surface area contributed by atoms with E-state index in [0.29, 0.717) is 0 Å². The lowest BCUT2D eigenvalue weighted by molar-refractivity contribution is -0.138. The Balaban J connectivity index is 1.89. The number of carbonyl (C=O) groups excluding carboxylic acids is 1. The van der Waals surface area contributed by atoms with Gasteiger partial charge in [-0.15, -0.1) is 11.8 Å². The lowest BCUT2D eigenvalue weighted by Gasteiger charge is -2.39. The van der Waals surface area contributed by atoms with Crippen LogP contribution in [0.25, 0.3) is 0 Å². The van der Waals surface area contributed by atoms with Crippen molar-refractivity contribution in [2.24, 2.45) is 0 Å². The summed E-state index contributed by atoms with van der Waals surface area (Å²) in [6.45, 7) is 5.01. The quantitative estimate of drug-likeness (QED) is 0.203. The van der Waals surface area contributed by atoms with E-state index in [0.717, 1.165) is 22.3 Å². The molecule has 0 spiro atoms. The number of amides is 1. The van der Waals surface area contributed by atoms with Crippen LogP contribution in [0.15, 0.2) is 121 Å². The van der Waals surface area contributed by atoms with Crippen LogP contribution in [0.2, 0.25) is 0 Å². The number of rotatable bonds is 10. The Bertz CT molecular complexity index is 1280. The molecule has 206 valence electrons. The van der Waals surface area contributed by atoms with Crippen LogP contribution in [0.3, 0.4) is 0 Å². The van der Waals surface area contributed by atoms with Gasteiger partial charge in [-0.3, -0.25) is 9.69 Å². The average molecular weight is 554 g/mol. The maximum absolute atomic E-state index is 13.3. The van der Waals surface area contributed by atoms with Gasteiger partial charge in [-0.25, -0.2) is 4.79 Å². The first-order valence-corrected chi connectivity index (χ1v) is 14.2. The monoisotopic (exact) mass is 553 g/mol. The normalized spacial score (nSPS) is 12.4. The van der Waals surface area contributed by atoms with Crippen LogP contribution in [-0.4, -0.2) is 40.8 Å². The molecular weight excluding hydrogens is 518 g/mol. The smallest absolute Gasteiger partial charge is 0.410 e. The first-order valence-electron chi connectivity index (χ1n) is 13.3. The molecule has 0 aliphatic rings. The molecule has 1 amide bonds. The molecular formula is C34H35NO4S. The van der Waals surface area contributed by atoms with Crippen LogP contribution in [0.4, 0.5) is 4.79 Å². The van der Waals surface area contributed by atoms with Crippen LogP contribution >= 0.6 is 11.8 Å². The molecule has 4 aromatic carbocycles. The first-order chi connectivity index (χ1) is 19.2. The summed E-state index contributed by atoms with van der Waals surface area (Å²) in [5.74, 6) is -1.09. The van der Waals surface area contributed by atoms with E-state index in [4.69, 9.17) is 4.74 Å². The number of carboxylic acids is 1. The molecule has 0 aromatic heterocycles. The van der Waals surface area contributed by atoms with Crippen molar-refractivity contribution >= 4 is 23.8 Å². The lowest BCUT2D eigenvalue weighted by atomic mass is 9.84. The SMILES string of the molecule is CC(C)(C)OC(=O)N(CC(=O)O)CC(SC(c1ccccc1)(c1ccccc1)c1ccccc1)c1ccccc1. The van der Waals surface area contributed by atoms with E-state index >= 15 is 0 Å². The molecule has 5 nitrogen and oxygen atoms in total. The molecule has 1 N–H and O–H groups in total. The van der Waals surface area contributed by atoms with E-state index in [9.17, 15) is 14.7 Å². The number of hydrogen-bond donors (Lipinski definition) is 1.